The molecular weight excluding hydrogens is 324 g/mol. The third kappa shape index (κ3) is 4.23. The summed E-state index contributed by atoms with van der Waals surface area (Å²) in [6.45, 7) is 1.98. The molecule has 1 aromatic carbocycles. The van der Waals surface area contributed by atoms with Gasteiger partial charge in [0.25, 0.3) is 5.91 Å². The highest BCUT2D eigenvalue weighted by Gasteiger charge is 2.17. The van der Waals surface area contributed by atoms with E-state index in [1.807, 2.05) is 25.1 Å². The van der Waals surface area contributed by atoms with Gasteiger partial charge in [-0.15, -0.1) is 0 Å². The van der Waals surface area contributed by atoms with Gasteiger partial charge in [-0.2, -0.15) is 0 Å². The van der Waals surface area contributed by atoms with Crippen LogP contribution in [0.2, 0.25) is 5.02 Å². The van der Waals surface area contributed by atoms with Crippen molar-refractivity contribution < 1.29 is 4.79 Å². The van der Waals surface area contributed by atoms with Crippen molar-refractivity contribution in [3.8, 4) is 0 Å². The van der Waals surface area contributed by atoms with Crippen molar-refractivity contribution in [3.63, 3.8) is 0 Å². The van der Waals surface area contributed by atoms with Gasteiger partial charge in [0.1, 0.15) is 11.5 Å². The highest BCUT2D eigenvalue weighted by molar-refractivity contribution is 6.30. The summed E-state index contributed by atoms with van der Waals surface area (Å²) in [6.07, 6.45) is 8.78. The number of hydrogen-bond donors (Lipinski definition) is 2. The molecule has 1 heterocycles. The predicted octanol–water partition coefficient (Wildman–Crippen LogP) is 4.24. The summed E-state index contributed by atoms with van der Waals surface area (Å²) in [6, 6.07) is 5.87. The Kier molecular flexibility index (Phi) is 5.30. The molecule has 0 spiro atoms. The molecule has 126 valence electrons. The van der Waals surface area contributed by atoms with Gasteiger partial charge in [0, 0.05) is 16.8 Å². The van der Waals surface area contributed by atoms with E-state index >= 15 is 0 Å². The smallest absolute Gasteiger partial charge is 0.271 e. The zero-order chi connectivity index (χ0) is 16.9. The van der Waals surface area contributed by atoms with Crippen LogP contribution in [-0.4, -0.2) is 21.9 Å². The molecule has 1 amide bonds. The summed E-state index contributed by atoms with van der Waals surface area (Å²) in [7, 11) is 0. The molecule has 2 aromatic rings. The molecule has 1 aliphatic carbocycles. The molecule has 24 heavy (non-hydrogen) atoms. The van der Waals surface area contributed by atoms with Crippen LogP contribution >= 0.6 is 11.6 Å². The molecule has 0 aliphatic heterocycles. The molecule has 2 N–H and O–H groups in total. The van der Waals surface area contributed by atoms with E-state index in [4.69, 9.17) is 11.6 Å². The van der Waals surface area contributed by atoms with Crippen LogP contribution in [0.25, 0.3) is 0 Å². The van der Waals surface area contributed by atoms with Crippen LogP contribution in [0.1, 0.15) is 48.2 Å². The second-order valence-corrected chi connectivity index (χ2v) is 6.62. The lowest BCUT2D eigenvalue weighted by atomic mass is 9.95. The minimum atomic E-state index is -0.153. The van der Waals surface area contributed by atoms with Crippen molar-refractivity contribution in [2.75, 3.05) is 5.32 Å². The van der Waals surface area contributed by atoms with Crippen LogP contribution in [0.4, 0.5) is 11.5 Å². The molecule has 1 fully saturated rings. The van der Waals surface area contributed by atoms with Crippen LogP contribution in [0, 0.1) is 6.92 Å². The van der Waals surface area contributed by atoms with Crippen molar-refractivity contribution in [2.24, 2.45) is 0 Å². The Labute approximate surface area is 146 Å². The molecule has 0 unspecified atom stereocenters. The van der Waals surface area contributed by atoms with E-state index in [0.29, 0.717) is 16.5 Å². The van der Waals surface area contributed by atoms with Gasteiger partial charge in [-0.25, -0.2) is 9.97 Å². The van der Waals surface area contributed by atoms with E-state index in [9.17, 15) is 4.79 Å². The Hall–Kier alpha value is -2.14. The van der Waals surface area contributed by atoms with E-state index in [-0.39, 0.29) is 11.9 Å². The second-order valence-electron chi connectivity index (χ2n) is 6.18. The zero-order valence-electron chi connectivity index (χ0n) is 13.7. The van der Waals surface area contributed by atoms with Crippen LogP contribution in [0.5, 0.6) is 0 Å². The predicted molar refractivity (Wildman–Crippen MR) is 95.8 cm³/mol. The maximum absolute atomic E-state index is 12.2. The standard InChI is InChI=1S/C18H21ClN4O/c1-12-7-8-13(19)9-15(12)23-17-11-20-16(10-21-17)18(24)22-14-5-3-2-4-6-14/h7-11,14H,2-6H2,1H3,(H,21,23)(H,22,24). The SMILES string of the molecule is Cc1ccc(Cl)cc1Nc1cnc(C(=O)NC2CCCCC2)cn1. The molecule has 1 saturated carbocycles. The van der Waals surface area contributed by atoms with E-state index < -0.39 is 0 Å². The number of carbonyl (C=O) groups excluding carboxylic acids is 1. The van der Waals surface area contributed by atoms with Crippen LogP contribution in [0.15, 0.2) is 30.6 Å². The molecule has 3 rings (SSSR count). The number of anilines is 2. The minimum Gasteiger partial charge on any atom is -0.348 e. The Morgan fingerprint density at radius 2 is 1.96 bits per heavy atom. The molecule has 6 heteroatoms. The summed E-state index contributed by atoms with van der Waals surface area (Å²) in [5.74, 6) is 0.425. The van der Waals surface area contributed by atoms with Gasteiger partial charge in [0.2, 0.25) is 0 Å². The lowest BCUT2D eigenvalue weighted by Gasteiger charge is -2.22. The van der Waals surface area contributed by atoms with Gasteiger partial charge in [-0.1, -0.05) is 36.9 Å². The maximum atomic E-state index is 12.2. The lowest BCUT2D eigenvalue weighted by Crippen LogP contribution is -2.36. The number of carbonyl (C=O) groups is 1. The number of rotatable bonds is 4. The van der Waals surface area contributed by atoms with E-state index in [1.54, 1.807) is 6.20 Å². The molecule has 0 bridgehead atoms. The maximum Gasteiger partial charge on any atom is 0.271 e. The Bertz CT molecular complexity index is 711. The highest BCUT2D eigenvalue weighted by atomic mass is 35.5. The molecule has 0 radical (unpaired) electrons. The van der Waals surface area contributed by atoms with E-state index in [2.05, 4.69) is 20.6 Å². The van der Waals surface area contributed by atoms with Gasteiger partial charge in [-0.05, 0) is 37.5 Å². The van der Waals surface area contributed by atoms with Gasteiger partial charge >= 0.3 is 0 Å². The van der Waals surface area contributed by atoms with Crippen molar-refractivity contribution in [3.05, 3.63) is 46.9 Å². The first kappa shape index (κ1) is 16.7. The number of aryl methyl sites for hydroxylation is 1. The number of aromatic nitrogens is 2. The first-order chi connectivity index (χ1) is 11.6. The monoisotopic (exact) mass is 344 g/mol. The number of nitrogens with zero attached hydrogens (tertiary/aromatic N) is 2. The van der Waals surface area contributed by atoms with Crippen molar-refractivity contribution >= 4 is 29.0 Å². The van der Waals surface area contributed by atoms with Crippen LogP contribution in [0.3, 0.4) is 0 Å². The number of benzene rings is 1. The van der Waals surface area contributed by atoms with E-state index in [1.165, 1.54) is 25.5 Å². The van der Waals surface area contributed by atoms with Crippen LogP contribution < -0.4 is 10.6 Å². The van der Waals surface area contributed by atoms with Gasteiger partial charge in [0.15, 0.2) is 0 Å². The Balaban J connectivity index is 1.64. The Morgan fingerprint density at radius 1 is 1.17 bits per heavy atom. The quantitative estimate of drug-likeness (QED) is 0.870. The normalized spacial score (nSPS) is 15.1. The first-order valence-corrected chi connectivity index (χ1v) is 8.66. The van der Waals surface area contributed by atoms with Crippen LogP contribution in [-0.2, 0) is 0 Å². The van der Waals surface area contributed by atoms with Gasteiger partial charge in [0.05, 0.1) is 12.4 Å². The fourth-order valence-corrected chi connectivity index (χ4v) is 3.06. The number of hydrogen-bond acceptors (Lipinski definition) is 4. The summed E-state index contributed by atoms with van der Waals surface area (Å²) < 4.78 is 0. The molecule has 1 aromatic heterocycles. The molecule has 1 aliphatic rings. The summed E-state index contributed by atoms with van der Waals surface area (Å²) in [5, 5.41) is 6.86. The fourth-order valence-electron chi connectivity index (χ4n) is 2.88. The lowest BCUT2D eigenvalue weighted by molar-refractivity contribution is 0.0922. The zero-order valence-corrected chi connectivity index (χ0v) is 14.4. The largest absolute Gasteiger partial charge is 0.348 e. The average Bonchev–Trinajstić information content (AvgIpc) is 2.60. The number of amides is 1. The third-order valence-corrected chi connectivity index (χ3v) is 4.52. The summed E-state index contributed by atoms with van der Waals surface area (Å²) in [4.78, 5) is 20.7. The first-order valence-electron chi connectivity index (χ1n) is 8.28. The topological polar surface area (TPSA) is 66.9 Å². The summed E-state index contributed by atoms with van der Waals surface area (Å²) in [5.41, 5.74) is 2.27. The third-order valence-electron chi connectivity index (χ3n) is 4.29. The van der Waals surface area contributed by atoms with Gasteiger partial charge < -0.3 is 10.6 Å². The van der Waals surface area contributed by atoms with Crippen molar-refractivity contribution in [1.29, 1.82) is 0 Å². The highest BCUT2D eigenvalue weighted by Crippen LogP contribution is 2.23. The van der Waals surface area contributed by atoms with Crippen molar-refractivity contribution in [2.45, 2.75) is 45.1 Å². The van der Waals surface area contributed by atoms with Gasteiger partial charge in [-0.3, -0.25) is 4.79 Å². The molecular formula is C18H21ClN4O. The average molecular weight is 345 g/mol. The van der Waals surface area contributed by atoms with Crippen molar-refractivity contribution in [1.82, 2.24) is 15.3 Å². The fraction of sp³-hybridized carbons (Fsp3) is 0.389. The number of nitrogens with one attached hydrogen (secondary N) is 2. The molecule has 0 atom stereocenters. The summed E-state index contributed by atoms with van der Waals surface area (Å²) >= 11 is 6.01. The minimum absolute atomic E-state index is 0.153. The van der Waals surface area contributed by atoms with E-state index in [0.717, 1.165) is 24.1 Å². The molecule has 0 saturated heterocycles. The molecule has 5 nitrogen and oxygen atoms in total. The second kappa shape index (κ2) is 7.62. The Morgan fingerprint density at radius 3 is 2.67 bits per heavy atom. The number of halogens is 1.